The van der Waals surface area contributed by atoms with Crippen LogP contribution in [-0.2, 0) is 0 Å². The van der Waals surface area contributed by atoms with E-state index < -0.39 is 0 Å². The van der Waals surface area contributed by atoms with Gasteiger partial charge >= 0.3 is 0 Å². The Morgan fingerprint density at radius 2 is 2.00 bits per heavy atom. The van der Waals surface area contributed by atoms with Crippen molar-refractivity contribution in [3.05, 3.63) is 55.7 Å². The lowest BCUT2D eigenvalue weighted by Gasteiger charge is -2.19. The molecule has 2 aromatic rings. The van der Waals surface area contributed by atoms with Gasteiger partial charge in [-0.15, -0.1) is 11.3 Å². The normalized spacial score (nSPS) is 12.7. The fourth-order valence-electron chi connectivity index (χ4n) is 2.16. The van der Waals surface area contributed by atoms with E-state index in [1.165, 1.54) is 25.4 Å². The van der Waals surface area contributed by atoms with E-state index in [-0.39, 0.29) is 6.04 Å². The summed E-state index contributed by atoms with van der Waals surface area (Å²) in [7, 11) is 0. The zero-order valence-corrected chi connectivity index (χ0v) is 13.4. The molecule has 0 fully saturated rings. The summed E-state index contributed by atoms with van der Waals surface area (Å²) in [5.74, 6) is 0. The second-order valence-electron chi connectivity index (χ2n) is 4.42. The van der Waals surface area contributed by atoms with Gasteiger partial charge in [-0.25, -0.2) is 0 Å². The first-order valence-electron chi connectivity index (χ1n) is 6.18. The quantitative estimate of drug-likeness (QED) is 0.850. The van der Waals surface area contributed by atoms with Crippen molar-refractivity contribution in [2.75, 3.05) is 6.54 Å². The first-order valence-corrected chi connectivity index (χ1v) is 7.79. The monoisotopic (exact) mass is 323 g/mol. The lowest BCUT2D eigenvalue weighted by molar-refractivity contribution is 0.635. The van der Waals surface area contributed by atoms with Gasteiger partial charge in [0.1, 0.15) is 0 Å². The maximum absolute atomic E-state index is 3.68. The number of benzene rings is 1. The van der Waals surface area contributed by atoms with Gasteiger partial charge in [-0.2, -0.15) is 0 Å². The highest BCUT2D eigenvalue weighted by molar-refractivity contribution is 9.10. The third-order valence-corrected chi connectivity index (χ3v) is 5.04. The Morgan fingerprint density at radius 3 is 2.56 bits per heavy atom. The molecule has 1 aromatic heterocycles. The van der Waals surface area contributed by atoms with E-state index in [4.69, 9.17) is 0 Å². The van der Waals surface area contributed by atoms with Gasteiger partial charge in [-0.3, -0.25) is 0 Å². The van der Waals surface area contributed by atoms with Crippen molar-refractivity contribution < 1.29 is 0 Å². The Labute approximate surface area is 121 Å². The largest absolute Gasteiger partial charge is 0.306 e. The van der Waals surface area contributed by atoms with Crippen molar-refractivity contribution in [3.8, 4) is 0 Å². The SMILES string of the molecule is CCNC(c1ccccc1C)c1sc(C)cc1Br. The van der Waals surface area contributed by atoms with Crippen molar-refractivity contribution in [3.63, 3.8) is 0 Å². The molecule has 0 aliphatic carbocycles. The van der Waals surface area contributed by atoms with Crippen LogP contribution in [0.1, 0.15) is 33.8 Å². The van der Waals surface area contributed by atoms with E-state index in [1.807, 2.05) is 11.3 Å². The van der Waals surface area contributed by atoms with Gasteiger partial charge in [0, 0.05) is 14.2 Å². The number of rotatable bonds is 4. The molecule has 0 aliphatic rings. The highest BCUT2D eigenvalue weighted by Gasteiger charge is 2.19. The third kappa shape index (κ3) is 2.85. The summed E-state index contributed by atoms with van der Waals surface area (Å²) in [5.41, 5.74) is 2.70. The van der Waals surface area contributed by atoms with Crippen molar-refractivity contribution in [2.24, 2.45) is 0 Å². The van der Waals surface area contributed by atoms with Gasteiger partial charge in [0.15, 0.2) is 0 Å². The van der Waals surface area contributed by atoms with Crippen LogP contribution in [0.5, 0.6) is 0 Å². The molecule has 1 atom stereocenters. The standard InChI is InChI=1S/C15H18BrNS/c1-4-17-14(12-8-6-5-7-10(12)2)15-13(16)9-11(3)18-15/h5-9,14,17H,4H2,1-3H3. The highest BCUT2D eigenvalue weighted by atomic mass is 79.9. The molecular formula is C15H18BrNS. The summed E-state index contributed by atoms with van der Waals surface area (Å²) in [5, 5.41) is 3.59. The Hall–Kier alpha value is -0.640. The zero-order chi connectivity index (χ0) is 13.1. The molecule has 3 heteroatoms. The van der Waals surface area contributed by atoms with Gasteiger partial charge < -0.3 is 5.32 Å². The van der Waals surface area contributed by atoms with E-state index in [2.05, 4.69) is 72.3 Å². The molecule has 96 valence electrons. The average Bonchev–Trinajstić information content (AvgIpc) is 2.66. The van der Waals surface area contributed by atoms with E-state index in [9.17, 15) is 0 Å². The predicted molar refractivity (Wildman–Crippen MR) is 83.5 cm³/mol. The number of aryl methyl sites for hydroxylation is 2. The van der Waals surface area contributed by atoms with Crippen LogP contribution in [0.3, 0.4) is 0 Å². The van der Waals surface area contributed by atoms with Gasteiger partial charge in [-0.1, -0.05) is 31.2 Å². The molecule has 0 amide bonds. The van der Waals surface area contributed by atoms with Crippen LogP contribution in [0.15, 0.2) is 34.8 Å². The molecule has 0 bridgehead atoms. The summed E-state index contributed by atoms with van der Waals surface area (Å²) in [6, 6.07) is 11.1. The maximum Gasteiger partial charge on any atom is 0.0685 e. The zero-order valence-electron chi connectivity index (χ0n) is 11.0. The second kappa shape index (κ2) is 6.00. The number of thiophene rings is 1. The van der Waals surface area contributed by atoms with Gasteiger partial charge in [0.2, 0.25) is 0 Å². The van der Waals surface area contributed by atoms with E-state index >= 15 is 0 Å². The van der Waals surface area contributed by atoms with E-state index in [0.29, 0.717) is 0 Å². The van der Waals surface area contributed by atoms with Gasteiger partial charge in [0.25, 0.3) is 0 Å². The molecule has 1 nitrogen and oxygen atoms in total. The molecule has 1 unspecified atom stereocenters. The minimum Gasteiger partial charge on any atom is -0.306 e. The molecule has 0 aliphatic heterocycles. The fraction of sp³-hybridized carbons (Fsp3) is 0.333. The molecule has 1 aromatic carbocycles. The molecule has 1 N–H and O–H groups in total. The van der Waals surface area contributed by atoms with E-state index in [0.717, 1.165) is 6.54 Å². The molecule has 0 saturated heterocycles. The smallest absolute Gasteiger partial charge is 0.0685 e. The molecule has 0 radical (unpaired) electrons. The van der Waals surface area contributed by atoms with Crippen molar-refractivity contribution in [2.45, 2.75) is 26.8 Å². The first-order chi connectivity index (χ1) is 8.63. The van der Waals surface area contributed by atoms with Crippen LogP contribution in [0.4, 0.5) is 0 Å². The Morgan fingerprint density at radius 1 is 1.28 bits per heavy atom. The Kier molecular flexibility index (Phi) is 4.60. The number of nitrogens with one attached hydrogen (secondary N) is 1. The van der Waals surface area contributed by atoms with Crippen LogP contribution in [-0.4, -0.2) is 6.54 Å². The minimum atomic E-state index is 0.282. The van der Waals surface area contributed by atoms with Crippen LogP contribution < -0.4 is 5.32 Å². The second-order valence-corrected chi connectivity index (χ2v) is 6.56. The van der Waals surface area contributed by atoms with Crippen molar-refractivity contribution >= 4 is 27.3 Å². The number of halogens is 1. The van der Waals surface area contributed by atoms with Crippen LogP contribution in [0.25, 0.3) is 0 Å². The summed E-state index contributed by atoms with van der Waals surface area (Å²) >= 11 is 5.54. The summed E-state index contributed by atoms with van der Waals surface area (Å²) < 4.78 is 1.21. The fourth-order valence-corrected chi connectivity index (χ4v) is 4.13. The van der Waals surface area contributed by atoms with Crippen LogP contribution >= 0.6 is 27.3 Å². The Bertz CT molecular complexity index is 533. The molecule has 1 heterocycles. The first kappa shape index (κ1) is 13.8. The average molecular weight is 324 g/mol. The molecule has 2 rings (SSSR count). The van der Waals surface area contributed by atoms with Crippen molar-refractivity contribution in [1.29, 1.82) is 0 Å². The van der Waals surface area contributed by atoms with Crippen LogP contribution in [0, 0.1) is 13.8 Å². The highest BCUT2D eigenvalue weighted by Crippen LogP contribution is 2.36. The topological polar surface area (TPSA) is 12.0 Å². The summed E-state index contributed by atoms with van der Waals surface area (Å²) in [4.78, 5) is 2.71. The predicted octanol–water partition coefficient (Wildman–Crippen LogP) is 4.83. The summed E-state index contributed by atoms with van der Waals surface area (Å²) in [6.45, 7) is 7.44. The molecule has 0 spiro atoms. The number of hydrogen-bond acceptors (Lipinski definition) is 2. The molecular weight excluding hydrogens is 306 g/mol. The van der Waals surface area contributed by atoms with Gasteiger partial charge in [-0.05, 0) is 53.5 Å². The number of hydrogen-bond donors (Lipinski definition) is 1. The molecule has 18 heavy (non-hydrogen) atoms. The lowest BCUT2D eigenvalue weighted by atomic mass is 10.00. The lowest BCUT2D eigenvalue weighted by Crippen LogP contribution is -2.22. The Balaban J connectivity index is 2.46. The maximum atomic E-state index is 3.68. The van der Waals surface area contributed by atoms with Crippen molar-refractivity contribution in [1.82, 2.24) is 5.32 Å². The minimum absolute atomic E-state index is 0.282. The third-order valence-electron chi connectivity index (χ3n) is 3.01. The molecule has 0 saturated carbocycles. The van der Waals surface area contributed by atoms with Gasteiger partial charge in [0.05, 0.1) is 6.04 Å². The van der Waals surface area contributed by atoms with Crippen LogP contribution in [0.2, 0.25) is 0 Å². The van der Waals surface area contributed by atoms with E-state index in [1.54, 1.807) is 0 Å². The summed E-state index contributed by atoms with van der Waals surface area (Å²) in [6.07, 6.45) is 0.